The van der Waals surface area contributed by atoms with E-state index in [0.717, 1.165) is 162 Å². The predicted molar refractivity (Wildman–Crippen MR) is 221 cm³/mol. The van der Waals surface area contributed by atoms with Crippen LogP contribution in [0.4, 0.5) is 0 Å². The van der Waals surface area contributed by atoms with Crippen molar-refractivity contribution in [2.24, 2.45) is 17.8 Å². The van der Waals surface area contributed by atoms with Crippen LogP contribution in [-0.2, 0) is 0 Å². The second-order valence-electron chi connectivity index (χ2n) is 15.1. The summed E-state index contributed by atoms with van der Waals surface area (Å²) in [5, 5.41) is 71.1. The Hall–Kier alpha value is -0.600. The molecule has 6 fully saturated rings. The first-order valence-corrected chi connectivity index (χ1v) is 21.7. The van der Waals surface area contributed by atoms with Gasteiger partial charge in [0.1, 0.15) is 0 Å². The zero-order chi connectivity index (χ0) is 39.2. The maximum absolute atomic E-state index is 8.66. The van der Waals surface area contributed by atoms with Crippen molar-refractivity contribution in [3.63, 3.8) is 0 Å². The number of aliphatic hydroxyl groups excluding tert-OH is 6. The third kappa shape index (κ3) is 30.5. The Morgan fingerprint density at radius 3 is 1.06 bits per heavy atom. The molecular formula is C39H87N9O6. The minimum absolute atomic E-state index is 0.210. The van der Waals surface area contributed by atoms with E-state index >= 15 is 0 Å². The Balaban J connectivity index is 0.000000325. The van der Waals surface area contributed by atoms with Gasteiger partial charge in [0.15, 0.2) is 0 Å². The first-order chi connectivity index (χ1) is 26.6. The highest BCUT2D eigenvalue weighted by molar-refractivity contribution is 4.70. The summed E-state index contributed by atoms with van der Waals surface area (Å²) in [4.78, 5) is 6.65. The summed E-state index contributed by atoms with van der Waals surface area (Å²) < 4.78 is 0. The lowest BCUT2D eigenvalue weighted by Crippen LogP contribution is -2.44. The Bertz CT molecular complexity index is 668. The topological polar surface area (TPSA) is 203 Å². The van der Waals surface area contributed by atoms with E-state index in [1.807, 2.05) is 4.90 Å². The van der Waals surface area contributed by atoms with Crippen molar-refractivity contribution in [3.8, 4) is 0 Å². The zero-order valence-corrected chi connectivity index (χ0v) is 34.2. The average Bonchev–Trinajstić information content (AvgIpc) is 3.26. The number of hydrogen-bond acceptors (Lipinski definition) is 15. The molecule has 0 unspecified atom stereocenters. The number of hydrogen-bond donors (Lipinski definition) is 12. The molecule has 0 radical (unpaired) electrons. The third-order valence-corrected chi connectivity index (χ3v) is 10.8. The Labute approximate surface area is 329 Å². The summed E-state index contributed by atoms with van der Waals surface area (Å²) in [5.41, 5.74) is 0. The number of piperazine rings is 3. The number of nitrogens with one attached hydrogen (secondary N) is 6. The van der Waals surface area contributed by atoms with Gasteiger partial charge in [-0.1, -0.05) is 0 Å². The summed E-state index contributed by atoms with van der Waals surface area (Å²) >= 11 is 0. The lowest BCUT2D eigenvalue weighted by molar-refractivity contribution is 0.0957. The van der Waals surface area contributed by atoms with Gasteiger partial charge in [0.25, 0.3) is 0 Å². The maximum Gasteiger partial charge on any atom is 0.0957 e. The van der Waals surface area contributed by atoms with Gasteiger partial charge in [0.05, 0.1) is 13.3 Å². The summed E-state index contributed by atoms with van der Waals surface area (Å²) in [5.74, 6) is 2.25. The van der Waals surface area contributed by atoms with Gasteiger partial charge in [-0.3, -0.25) is 9.80 Å². The van der Waals surface area contributed by atoms with Crippen LogP contribution in [-0.4, -0.2) is 216 Å². The average molecular weight is 778 g/mol. The molecule has 6 aliphatic rings. The standard InChI is InChI=1S/C8H17NO.C7H16N2O.C7H15NO.C6H14N2O.C6H13NO.C5H12N2O/c10-7-1-2-8-3-5-9-6-4-8;10-7-1-4-9-5-2-8-3-6-9;9-6-3-7-1-4-8-5-2-7;9-6-5-8-3-1-7-2-4-8;8-5-6-1-3-7-4-2-6;8-5-7-3-1-6-2-4-7/h8-10H,1-7H2;8,10H,1-7H2;7-9H,1-6H2;7,9H,1-6H2;6-8H,1-5H2;6,8H,1-5H2. The van der Waals surface area contributed by atoms with Crippen molar-refractivity contribution in [2.45, 2.75) is 64.2 Å². The molecule has 0 spiro atoms. The smallest absolute Gasteiger partial charge is 0.0957 e. The molecule has 6 aliphatic heterocycles. The molecule has 15 heteroatoms. The van der Waals surface area contributed by atoms with Gasteiger partial charge in [-0.15, -0.1) is 0 Å². The van der Waals surface area contributed by atoms with Crippen molar-refractivity contribution in [1.82, 2.24) is 46.6 Å². The minimum Gasteiger partial charge on any atom is -0.396 e. The van der Waals surface area contributed by atoms with E-state index in [-0.39, 0.29) is 6.73 Å². The fourth-order valence-corrected chi connectivity index (χ4v) is 7.13. The maximum atomic E-state index is 8.66. The molecule has 0 aromatic carbocycles. The molecule has 6 saturated heterocycles. The van der Waals surface area contributed by atoms with Crippen molar-refractivity contribution in [3.05, 3.63) is 0 Å². The van der Waals surface area contributed by atoms with Crippen molar-refractivity contribution in [1.29, 1.82) is 0 Å². The van der Waals surface area contributed by atoms with Crippen LogP contribution in [0.3, 0.4) is 0 Å². The third-order valence-electron chi connectivity index (χ3n) is 10.8. The van der Waals surface area contributed by atoms with Gasteiger partial charge in [-0.25, -0.2) is 0 Å². The highest BCUT2D eigenvalue weighted by atomic mass is 16.3. The normalized spacial score (nSPS) is 22.3. The first kappa shape index (κ1) is 51.4. The van der Waals surface area contributed by atoms with E-state index in [0.29, 0.717) is 39.0 Å². The predicted octanol–water partition coefficient (Wildman–Crippen LogP) is -1.90. The fraction of sp³-hybridized carbons (Fsp3) is 1.00. The van der Waals surface area contributed by atoms with Gasteiger partial charge in [0, 0.05) is 118 Å². The monoisotopic (exact) mass is 778 g/mol. The van der Waals surface area contributed by atoms with E-state index in [1.165, 1.54) is 45.2 Å². The quantitative estimate of drug-likeness (QED) is 0.105. The Morgan fingerprint density at radius 1 is 0.352 bits per heavy atom. The highest BCUT2D eigenvalue weighted by Gasteiger charge is 2.13. The van der Waals surface area contributed by atoms with Crippen LogP contribution in [0.15, 0.2) is 0 Å². The second-order valence-corrected chi connectivity index (χ2v) is 15.1. The van der Waals surface area contributed by atoms with Crippen LogP contribution in [0.25, 0.3) is 0 Å². The molecule has 15 nitrogen and oxygen atoms in total. The largest absolute Gasteiger partial charge is 0.396 e. The van der Waals surface area contributed by atoms with Gasteiger partial charge in [-0.05, 0) is 121 Å². The van der Waals surface area contributed by atoms with Gasteiger partial charge in [0.2, 0.25) is 0 Å². The summed E-state index contributed by atoms with van der Waals surface area (Å²) in [6.07, 6.45) is 11.5. The van der Waals surface area contributed by atoms with Crippen LogP contribution in [0.2, 0.25) is 0 Å². The van der Waals surface area contributed by atoms with E-state index in [4.69, 9.17) is 30.6 Å². The molecule has 6 rings (SSSR count). The molecule has 0 aromatic rings. The molecule has 0 atom stereocenters. The molecule has 0 bridgehead atoms. The lowest BCUT2D eigenvalue weighted by atomic mass is 9.93. The summed E-state index contributed by atoms with van der Waals surface area (Å²) in [6.45, 7) is 23.4. The summed E-state index contributed by atoms with van der Waals surface area (Å²) in [6, 6.07) is 0. The van der Waals surface area contributed by atoms with Crippen LogP contribution in [0, 0.1) is 17.8 Å². The highest BCUT2D eigenvalue weighted by Crippen LogP contribution is 2.17. The van der Waals surface area contributed by atoms with Crippen molar-refractivity contribution in [2.75, 3.05) is 171 Å². The van der Waals surface area contributed by atoms with E-state index in [1.54, 1.807) is 0 Å². The van der Waals surface area contributed by atoms with Gasteiger partial charge >= 0.3 is 0 Å². The number of β-amino-alcohol motifs (C(OH)–C–C–N with tert-alkyl or cyclic N) is 1. The Kier molecular flexibility index (Phi) is 37.4. The number of piperidine rings is 3. The number of rotatable bonds is 12. The fourth-order valence-electron chi connectivity index (χ4n) is 7.13. The van der Waals surface area contributed by atoms with E-state index in [9.17, 15) is 0 Å². The van der Waals surface area contributed by atoms with Gasteiger partial charge in [-0.2, -0.15) is 0 Å². The molecule has 0 amide bonds. The SMILES string of the molecule is OCC1CCNCC1.OCCC1CCNCC1.OCCCC1CCNCC1.OCCCN1CCNCC1.OCCN1CCNCC1.OCN1CCNCC1. The molecule has 54 heavy (non-hydrogen) atoms. The molecular weight excluding hydrogens is 690 g/mol. The number of nitrogens with zero attached hydrogens (tertiary/aromatic N) is 3. The summed E-state index contributed by atoms with van der Waals surface area (Å²) in [7, 11) is 0. The molecule has 324 valence electrons. The first-order valence-electron chi connectivity index (χ1n) is 21.7. The molecule has 0 aromatic heterocycles. The molecule has 0 aliphatic carbocycles. The van der Waals surface area contributed by atoms with Crippen LogP contribution < -0.4 is 31.9 Å². The second kappa shape index (κ2) is 39.2. The van der Waals surface area contributed by atoms with Crippen molar-refractivity contribution < 1.29 is 30.6 Å². The molecule has 0 saturated carbocycles. The minimum atomic E-state index is 0.210. The van der Waals surface area contributed by atoms with Gasteiger partial charge < -0.3 is 67.4 Å². The Morgan fingerprint density at radius 2 is 0.722 bits per heavy atom. The zero-order valence-electron chi connectivity index (χ0n) is 34.2. The number of aliphatic hydroxyl groups is 6. The van der Waals surface area contributed by atoms with Crippen LogP contribution in [0.1, 0.15) is 64.2 Å². The molecule has 6 heterocycles. The van der Waals surface area contributed by atoms with E-state index < -0.39 is 0 Å². The molecule has 12 N–H and O–H groups in total. The van der Waals surface area contributed by atoms with E-state index in [2.05, 4.69) is 41.7 Å². The van der Waals surface area contributed by atoms with Crippen LogP contribution in [0.5, 0.6) is 0 Å². The van der Waals surface area contributed by atoms with Crippen LogP contribution >= 0.6 is 0 Å². The lowest BCUT2D eigenvalue weighted by Gasteiger charge is -2.26. The van der Waals surface area contributed by atoms with Crippen molar-refractivity contribution >= 4 is 0 Å².